The van der Waals surface area contributed by atoms with Crippen LogP contribution in [0, 0.1) is 5.92 Å². The number of hydrogen-bond donors (Lipinski definition) is 2. The number of benzene rings is 1. The van der Waals surface area contributed by atoms with Crippen LogP contribution < -0.4 is 11.5 Å². The summed E-state index contributed by atoms with van der Waals surface area (Å²) in [5, 5.41) is 0. The van der Waals surface area contributed by atoms with E-state index in [0.717, 1.165) is 0 Å². The second-order valence-electron chi connectivity index (χ2n) is 4.56. The van der Waals surface area contributed by atoms with Crippen LogP contribution in [0.15, 0.2) is 26.0 Å². The van der Waals surface area contributed by atoms with Crippen molar-refractivity contribution in [1.29, 1.82) is 0 Å². The Morgan fingerprint density at radius 3 is 2.50 bits per heavy atom. The van der Waals surface area contributed by atoms with Crippen molar-refractivity contribution in [3.05, 3.63) is 21.1 Å². The number of rotatable bonds is 3. The molecule has 1 heterocycles. The highest BCUT2D eigenvalue weighted by atomic mass is 79.9. The minimum Gasteiger partial charge on any atom is -0.398 e. The van der Waals surface area contributed by atoms with Crippen LogP contribution in [0.2, 0.25) is 0 Å². The van der Waals surface area contributed by atoms with Gasteiger partial charge in [-0.1, -0.05) is 15.9 Å². The molecule has 0 spiro atoms. The van der Waals surface area contributed by atoms with E-state index in [1.54, 1.807) is 6.07 Å². The first kappa shape index (κ1) is 15.7. The van der Waals surface area contributed by atoms with Gasteiger partial charge in [0.05, 0.1) is 11.6 Å². The van der Waals surface area contributed by atoms with Gasteiger partial charge in [0.2, 0.25) is 15.9 Å². The lowest BCUT2D eigenvalue weighted by atomic mass is 10.1. The smallest absolute Gasteiger partial charge is 0.246 e. The second-order valence-corrected chi connectivity index (χ2v) is 8.20. The van der Waals surface area contributed by atoms with E-state index in [0.29, 0.717) is 15.4 Å². The Balaban J connectivity index is 2.40. The molecule has 2 rings (SSSR count). The third-order valence-electron chi connectivity index (χ3n) is 3.19. The van der Waals surface area contributed by atoms with Crippen LogP contribution in [0.25, 0.3) is 0 Å². The lowest BCUT2D eigenvalue weighted by Crippen LogP contribution is -2.32. The molecule has 0 aromatic heterocycles. The van der Waals surface area contributed by atoms with Gasteiger partial charge in [-0.3, -0.25) is 4.79 Å². The van der Waals surface area contributed by atoms with Gasteiger partial charge in [-0.2, -0.15) is 4.31 Å². The van der Waals surface area contributed by atoms with Gasteiger partial charge >= 0.3 is 0 Å². The minimum absolute atomic E-state index is 0.0193. The van der Waals surface area contributed by atoms with Gasteiger partial charge in [0.25, 0.3) is 0 Å². The van der Waals surface area contributed by atoms with E-state index in [2.05, 4.69) is 31.9 Å². The summed E-state index contributed by atoms with van der Waals surface area (Å²) in [5.74, 6) is -0.925. The molecule has 0 aliphatic carbocycles. The minimum atomic E-state index is -3.75. The van der Waals surface area contributed by atoms with Gasteiger partial charge in [-0.05, 0) is 34.5 Å². The molecule has 1 aromatic carbocycles. The maximum atomic E-state index is 12.6. The van der Waals surface area contributed by atoms with E-state index >= 15 is 0 Å². The molecule has 1 aliphatic rings. The van der Waals surface area contributed by atoms with Crippen molar-refractivity contribution in [2.75, 3.05) is 18.8 Å². The van der Waals surface area contributed by atoms with Gasteiger partial charge in [-0.15, -0.1) is 0 Å². The lowest BCUT2D eigenvalue weighted by Gasteiger charge is -2.18. The molecule has 1 fully saturated rings. The second kappa shape index (κ2) is 5.63. The zero-order valence-corrected chi connectivity index (χ0v) is 14.3. The SMILES string of the molecule is NC(=O)C1CCN(S(=O)(=O)c2c(N)cc(Br)cc2Br)C1. The van der Waals surface area contributed by atoms with Crippen molar-refractivity contribution in [3.8, 4) is 0 Å². The zero-order chi connectivity index (χ0) is 15.1. The molecule has 1 amide bonds. The molecular weight excluding hydrogens is 414 g/mol. The van der Waals surface area contributed by atoms with Gasteiger partial charge in [0.15, 0.2) is 0 Å². The van der Waals surface area contributed by atoms with Gasteiger partial charge in [0, 0.05) is 22.0 Å². The Morgan fingerprint density at radius 2 is 2.00 bits per heavy atom. The van der Waals surface area contributed by atoms with E-state index < -0.39 is 21.8 Å². The summed E-state index contributed by atoms with van der Waals surface area (Å²) in [7, 11) is -3.75. The number of nitrogens with two attached hydrogens (primary N) is 2. The number of nitrogens with zero attached hydrogens (tertiary/aromatic N) is 1. The summed E-state index contributed by atoms with van der Waals surface area (Å²) in [5.41, 5.74) is 11.2. The van der Waals surface area contributed by atoms with Crippen LogP contribution in [0.4, 0.5) is 5.69 Å². The van der Waals surface area contributed by atoms with E-state index in [1.165, 1.54) is 10.4 Å². The summed E-state index contributed by atoms with van der Waals surface area (Å²) >= 11 is 6.46. The van der Waals surface area contributed by atoms with Crippen molar-refractivity contribution >= 4 is 53.5 Å². The van der Waals surface area contributed by atoms with Crippen molar-refractivity contribution in [2.45, 2.75) is 11.3 Å². The predicted molar refractivity (Wildman–Crippen MR) is 82.3 cm³/mol. The van der Waals surface area contributed by atoms with Crippen LogP contribution in [0.3, 0.4) is 0 Å². The highest BCUT2D eigenvalue weighted by Crippen LogP contribution is 2.35. The van der Waals surface area contributed by atoms with Crippen molar-refractivity contribution in [1.82, 2.24) is 4.31 Å². The van der Waals surface area contributed by atoms with Gasteiger partial charge in [-0.25, -0.2) is 8.42 Å². The first-order valence-corrected chi connectivity index (χ1v) is 8.80. The number of hydrogen-bond acceptors (Lipinski definition) is 4. The van der Waals surface area contributed by atoms with Crippen LogP contribution in [0.5, 0.6) is 0 Å². The van der Waals surface area contributed by atoms with Gasteiger partial charge in [0.1, 0.15) is 4.90 Å². The van der Waals surface area contributed by atoms with E-state index in [9.17, 15) is 13.2 Å². The molecule has 0 bridgehead atoms. The predicted octanol–water partition coefficient (Wildman–Crippen LogP) is 1.29. The molecule has 0 radical (unpaired) electrons. The number of carbonyl (C=O) groups is 1. The number of amides is 1. The van der Waals surface area contributed by atoms with Crippen molar-refractivity contribution in [2.24, 2.45) is 11.7 Å². The van der Waals surface area contributed by atoms with Crippen LogP contribution >= 0.6 is 31.9 Å². The molecule has 1 aliphatic heterocycles. The number of nitrogen functional groups attached to an aromatic ring is 1. The molecule has 1 saturated heterocycles. The summed E-state index contributed by atoms with van der Waals surface area (Å²) in [6.07, 6.45) is 0.433. The number of primary amides is 1. The Kier molecular flexibility index (Phi) is 4.43. The number of carbonyl (C=O) groups excluding carboxylic acids is 1. The zero-order valence-electron chi connectivity index (χ0n) is 10.3. The Hall–Kier alpha value is -0.640. The number of anilines is 1. The first-order valence-electron chi connectivity index (χ1n) is 5.77. The van der Waals surface area contributed by atoms with Crippen LogP contribution in [-0.4, -0.2) is 31.7 Å². The van der Waals surface area contributed by atoms with Gasteiger partial charge < -0.3 is 11.5 Å². The summed E-state index contributed by atoms with van der Waals surface area (Å²) in [6.45, 7) is 0.359. The van der Waals surface area contributed by atoms with E-state index in [1.807, 2.05) is 0 Å². The Labute approximate surface area is 133 Å². The molecular formula is C11H13Br2N3O3S. The fourth-order valence-corrected chi connectivity index (χ4v) is 5.67. The van der Waals surface area contributed by atoms with Crippen molar-refractivity contribution < 1.29 is 13.2 Å². The molecule has 1 atom stereocenters. The van der Waals surface area contributed by atoms with E-state index in [-0.39, 0.29) is 23.7 Å². The highest BCUT2D eigenvalue weighted by Gasteiger charge is 2.36. The number of halogens is 2. The topological polar surface area (TPSA) is 106 Å². The third-order valence-corrected chi connectivity index (χ3v) is 6.52. The van der Waals surface area contributed by atoms with Crippen LogP contribution in [-0.2, 0) is 14.8 Å². The molecule has 0 saturated carbocycles. The standard InChI is InChI=1S/C11H13Br2N3O3S/c12-7-3-8(13)10(9(14)4-7)20(18,19)16-2-1-6(5-16)11(15)17/h3-4,6H,1-2,5,14H2,(H2,15,17). The molecule has 1 aromatic rings. The quantitative estimate of drug-likeness (QED) is 0.710. The normalized spacial score (nSPS) is 20.2. The van der Waals surface area contributed by atoms with Crippen molar-refractivity contribution in [3.63, 3.8) is 0 Å². The average Bonchev–Trinajstić information content (AvgIpc) is 2.76. The molecule has 6 nitrogen and oxygen atoms in total. The lowest BCUT2D eigenvalue weighted by molar-refractivity contribution is -0.121. The average molecular weight is 427 g/mol. The summed E-state index contributed by atoms with van der Waals surface area (Å²) in [4.78, 5) is 11.2. The molecule has 4 N–H and O–H groups in total. The third kappa shape index (κ3) is 2.85. The summed E-state index contributed by atoms with van der Waals surface area (Å²) < 4.78 is 27.5. The molecule has 110 valence electrons. The van der Waals surface area contributed by atoms with Crippen LogP contribution in [0.1, 0.15) is 6.42 Å². The Morgan fingerprint density at radius 1 is 1.35 bits per heavy atom. The largest absolute Gasteiger partial charge is 0.398 e. The first-order chi connectivity index (χ1) is 9.23. The summed E-state index contributed by atoms with van der Waals surface area (Å²) in [6, 6.07) is 3.14. The maximum absolute atomic E-state index is 12.6. The fraction of sp³-hybridized carbons (Fsp3) is 0.364. The van der Waals surface area contributed by atoms with E-state index in [4.69, 9.17) is 11.5 Å². The molecule has 20 heavy (non-hydrogen) atoms. The number of sulfonamides is 1. The maximum Gasteiger partial charge on any atom is 0.246 e. The fourth-order valence-electron chi connectivity index (χ4n) is 2.16. The highest BCUT2D eigenvalue weighted by molar-refractivity contribution is 9.11. The Bertz CT molecular complexity index is 640. The molecule has 1 unspecified atom stereocenters. The molecule has 9 heteroatoms. The monoisotopic (exact) mass is 425 g/mol.